The lowest BCUT2D eigenvalue weighted by Crippen LogP contribution is -2.37. The molecule has 1 aromatic heterocycles. The third-order valence-electron chi connectivity index (χ3n) is 4.27. The quantitative estimate of drug-likeness (QED) is 0.865. The number of hydrogen-bond acceptors (Lipinski definition) is 5. The van der Waals surface area contributed by atoms with Crippen LogP contribution in [0.3, 0.4) is 0 Å². The highest BCUT2D eigenvalue weighted by Crippen LogP contribution is 2.30. The van der Waals surface area contributed by atoms with Gasteiger partial charge in [-0.15, -0.1) is 0 Å². The predicted molar refractivity (Wildman–Crippen MR) is 88.2 cm³/mol. The van der Waals surface area contributed by atoms with Crippen molar-refractivity contribution in [3.8, 4) is 5.75 Å². The van der Waals surface area contributed by atoms with Gasteiger partial charge in [0.25, 0.3) is 5.91 Å². The topological polar surface area (TPSA) is 84.6 Å². The fourth-order valence-corrected chi connectivity index (χ4v) is 3.02. The normalized spacial score (nSPS) is 23.2. The van der Waals surface area contributed by atoms with Gasteiger partial charge < -0.3 is 19.6 Å². The van der Waals surface area contributed by atoms with E-state index in [2.05, 4.69) is 10.3 Å². The average molecular weight is 351 g/mol. The zero-order valence-electron chi connectivity index (χ0n) is 13.2. The number of ether oxygens (including phenoxy) is 1. The Morgan fingerprint density at radius 2 is 2.17 bits per heavy atom. The number of oxazole rings is 1. The maximum atomic E-state index is 12.0. The number of halogens is 1. The molecule has 0 spiro atoms. The molecule has 1 aliphatic rings. The smallest absolute Gasteiger partial charge is 0.273 e. The summed E-state index contributed by atoms with van der Waals surface area (Å²) in [5.74, 6) is 0.795. The molecule has 24 heavy (non-hydrogen) atoms. The summed E-state index contributed by atoms with van der Waals surface area (Å²) in [6, 6.07) is 7.04. The van der Waals surface area contributed by atoms with E-state index in [1.807, 2.05) is 0 Å². The molecule has 3 rings (SSSR count). The molecule has 7 heteroatoms. The number of rotatable bonds is 5. The number of aryl methyl sites for hydroxylation is 1. The number of hydrogen-bond donors (Lipinski definition) is 2. The number of carbonyl (C=O) groups is 1. The standard InChI is InChI=1S/C17H19ClN2O4/c1-10-15(20-9-23-10)17(22)19-8-11-2-7-14(16(11)21)24-13-5-3-12(18)4-6-13/h3-6,9,11,14,16,21H,2,7-8H2,1H3,(H,19,22)/t11-,14-,16-/m1/s1. The Hall–Kier alpha value is -2.05. The Morgan fingerprint density at radius 3 is 2.83 bits per heavy atom. The Kier molecular flexibility index (Phi) is 5.06. The number of amides is 1. The van der Waals surface area contributed by atoms with Crippen molar-refractivity contribution in [2.24, 2.45) is 5.92 Å². The first-order valence-electron chi connectivity index (χ1n) is 7.83. The molecule has 1 aliphatic carbocycles. The Morgan fingerprint density at radius 1 is 1.42 bits per heavy atom. The van der Waals surface area contributed by atoms with Gasteiger partial charge in [-0.3, -0.25) is 4.79 Å². The maximum Gasteiger partial charge on any atom is 0.273 e. The van der Waals surface area contributed by atoms with Gasteiger partial charge in [0.15, 0.2) is 12.1 Å². The summed E-state index contributed by atoms with van der Waals surface area (Å²) in [5, 5.41) is 13.9. The van der Waals surface area contributed by atoms with Crippen molar-refractivity contribution in [3.05, 3.63) is 47.1 Å². The lowest BCUT2D eigenvalue weighted by atomic mass is 10.1. The Bertz CT molecular complexity index is 701. The van der Waals surface area contributed by atoms with Gasteiger partial charge >= 0.3 is 0 Å². The molecule has 1 saturated carbocycles. The van der Waals surface area contributed by atoms with Crippen LogP contribution >= 0.6 is 11.6 Å². The SMILES string of the molecule is Cc1ocnc1C(=O)NC[C@H]1CC[C@@H](Oc2ccc(Cl)cc2)[C@@H]1O. The number of aliphatic hydroxyl groups is 1. The van der Waals surface area contributed by atoms with E-state index in [0.717, 1.165) is 12.8 Å². The van der Waals surface area contributed by atoms with E-state index in [1.165, 1.54) is 6.39 Å². The fourth-order valence-electron chi connectivity index (χ4n) is 2.89. The zero-order valence-corrected chi connectivity index (χ0v) is 14.0. The van der Waals surface area contributed by atoms with E-state index in [9.17, 15) is 9.90 Å². The van der Waals surface area contributed by atoms with E-state index in [0.29, 0.717) is 23.1 Å². The molecule has 1 fully saturated rings. The van der Waals surface area contributed by atoms with Crippen LogP contribution in [0.25, 0.3) is 0 Å². The number of aliphatic hydroxyl groups excluding tert-OH is 1. The van der Waals surface area contributed by atoms with Gasteiger partial charge in [-0.05, 0) is 44.0 Å². The Balaban J connectivity index is 1.52. The molecule has 2 aromatic rings. The molecule has 3 atom stereocenters. The van der Waals surface area contributed by atoms with Crippen LogP contribution in [0.5, 0.6) is 5.75 Å². The lowest BCUT2D eigenvalue weighted by molar-refractivity contribution is 0.0348. The highest BCUT2D eigenvalue weighted by atomic mass is 35.5. The van der Waals surface area contributed by atoms with Crippen molar-refractivity contribution in [3.63, 3.8) is 0 Å². The highest BCUT2D eigenvalue weighted by molar-refractivity contribution is 6.30. The monoisotopic (exact) mass is 350 g/mol. The number of carbonyl (C=O) groups excluding carboxylic acids is 1. The minimum Gasteiger partial charge on any atom is -0.488 e. The average Bonchev–Trinajstić information content (AvgIpc) is 3.14. The molecule has 1 aromatic carbocycles. The second-order valence-corrected chi connectivity index (χ2v) is 6.34. The molecule has 0 bridgehead atoms. The van der Waals surface area contributed by atoms with E-state index in [-0.39, 0.29) is 23.6 Å². The fraction of sp³-hybridized carbons (Fsp3) is 0.412. The van der Waals surface area contributed by atoms with Crippen molar-refractivity contribution in [1.29, 1.82) is 0 Å². The second kappa shape index (κ2) is 7.23. The molecule has 0 aliphatic heterocycles. The summed E-state index contributed by atoms with van der Waals surface area (Å²) < 4.78 is 10.8. The largest absolute Gasteiger partial charge is 0.488 e. The molecule has 0 unspecified atom stereocenters. The van der Waals surface area contributed by atoms with Crippen LogP contribution in [0.4, 0.5) is 0 Å². The molecule has 2 N–H and O–H groups in total. The van der Waals surface area contributed by atoms with Crippen molar-refractivity contribution in [1.82, 2.24) is 10.3 Å². The molecule has 1 heterocycles. The van der Waals surface area contributed by atoms with Crippen LogP contribution < -0.4 is 10.1 Å². The summed E-state index contributed by atoms with van der Waals surface area (Å²) >= 11 is 5.85. The number of nitrogens with one attached hydrogen (secondary N) is 1. The first-order valence-corrected chi connectivity index (χ1v) is 8.21. The van der Waals surface area contributed by atoms with Crippen LogP contribution in [0, 0.1) is 12.8 Å². The second-order valence-electron chi connectivity index (χ2n) is 5.91. The predicted octanol–water partition coefficient (Wildman–Crippen LogP) is 2.58. The van der Waals surface area contributed by atoms with E-state index >= 15 is 0 Å². The minimum absolute atomic E-state index is 0.0570. The minimum atomic E-state index is -0.639. The van der Waals surface area contributed by atoms with Gasteiger partial charge in [-0.1, -0.05) is 11.6 Å². The third kappa shape index (κ3) is 3.71. The molecule has 6 nitrogen and oxygen atoms in total. The van der Waals surface area contributed by atoms with Gasteiger partial charge in [-0.25, -0.2) is 4.98 Å². The van der Waals surface area contributed by atoms with Gasteiger partial charge in [-0.2, -0.15) is 0 Å². The van der Waals surface area contributed by atoms with Crippen molar-refractivity contribution in [2.75, 3.05) is 6.54 Å². The third-order valence-corrected chi connectivity index (χ3v) is 4.52. The Labute approximate surface area is 144 Å². The first-order chi connectivity index (χ1) is 11.5. The van der Waals surface area contributed by atoms with Gasteiger partial charge in [0.2, 0.25) is 0 Å². The summed E-state index contributed by atoms with van der Waals surface area (Å²) in [7, 11) is 0. The lowest BCUT2D eigenvalue weighted by Gasteiger charge is -2.21. The van der Waals surface area contributed by atoms with Gasteiger partial charge in [0.05, 0.1) is 6.10 Å². The summed E-state index contributed by atoms with van der Waals surface area (Å²) in [6.07, 6.45) is 1.82. The van der Waals surface area contributed by atoms with E-state index in [4.69, 9.17) is 20.8 Å². The molecular weight excluding hydrogens is 332 g/mol. The van der Waals surface area contributed by atoms with Crippen LogP contribution in [0.1, 0.15) is 29.1 Å². The van der Waals surface area contributed by atoms with Crippen molar-refractivity contribution < 1.29 is 19.1 Å². The summed E-state index contributed by atoms with van der Waals surface area (Å²) in [5.41, 5.74) is 0.274. The van der Waals surface area contributed by atoms with E-state index in [1.54, 1.807) is 31.2 Å². The van der Waals surface area contributed by atoms with Crippen molar-refractivity contribution >= 4 is 17.5 Å². The van der Waals surface area contributed by atoms with Crippen LogP contribution in [0.15, 0.2) is 35.1 Å². The molecular formula is C17H19ClN2O4. The number of aromatic nitrogens is 1. The van der Waals surface area contributed by atoms with Crippen molar-refractivity contribution in [2.45, 2.75) is 32.0 Å². The van der Waals surface area contributed by atoms with Crippen LogP contribution in [0.2, 0.25) is 5.02 Å². The van der Waals surface area contributed by atoms with Gasteiger partial charge in [0, 0.05) is 17.5 Å². The van der Waals surface area contributed by atoms with Gasteiger partial charge in [0.1, 0.15) is 17.6 Å². The molecule has 128 valence electrons. The molecule has 0 radical (unpaired) electrons. The summed E-state index contributed by atoms with van der Waals surface area (Å²) in [6.45, 7) is 2.05. The molecule has 0 saturated heterocycles. The highest BCUT2D eigenvalue weighted by Gasteiger charge is 2.36. The first kappa shape index (κ1) is 16.8. The zero-order chi connectivity index (χ0) is 17.1. The summed E-state index contributed by atoms with van der Waals surface area (Å²) in [4.78, 5) is 15.9. The van der Waals surface area contributed by atoms with Crippen LogP contribution in [-0.4, -0.2) is 34.8 Å². The molecule has 1 amide bonds. The van der Waals surface area contributed by atoms with E-state index < -0.39 is 6.10 Å². The number of nitrogens with zero attached hydrogens (tertiary/aromatic N) is 1. The maximum absolute atomic E-state index is 12.0. The van der Waals surface area contributed by atoms with Crippen LogP contribution in [-0.2, 0) is 0 Å². The number of benzene rings is 1.